The summed E-state index contributed by atoms with van der Waals surface area (Å²) in [4.78, 5) is 11.1. The number of ether oxygens (including phenoxy) is 2. The Balaban J connectivity index is 1.55. The maximum atomic E-state index is 14.6. The summed E-state index contributed by atoms with van der Waals surface area (Å²) in [6.07, 6.45) is 5.34. The zero-order valence-electron chi connectivity index (χ0n) is 17.7. The lowest BCUT2D eigenvalue weighted by molar-refractivity contribution is -0.0208. The molecule has 0 bridgehead atoms. The van der Waals surface area contributed by atoms with Crippen LogP contribution in [0.4, 0.5) is 4.39 Å². The minimum Gasteiger partial charge on any atom is -0.472 e. The van der Waals surface area contributed by atoms with Crippen LogP contribution >= 0.6 is 11.6 Å². The molecule has 6 nitrogen and oxygen atoms in total. The first-order chi connectivity index (χ1) is 15.1. The summed E-state index contributed by atoms with van der Waals surface area (Å²) in [5, 5.41) is 3.02. The fraction of sp³-hybridized carbons (Fsp3) is 0.478. The highest BCUT2D eigenvalue weighted by Crippen LogP contribution is 2.39. The van der Waals surface area contributed by atoms with Gasteiger partial charge in [-0.1, -0.05) is 41.9 Å². The largest absolute Gasteiger partial charge is 0.472 e. The third kappa shape index (κ3) is 4.84. The zero-order chi connectivity index (χ0) is 21.7. The maximum absolute atomic E-state index is 14.6. The van der Waals surface area contributed by atoms with Crippen LogP contribution in [0.15, 0.2) is 62.9 Å². The van der Waals surface area contributed by atoms with Crippen LogP contribution in [-0.4, -0.2) is 55.6 Å². The molecule has 31 heavy (non-hydrogen) atoms. The molecule has 2 saturated heterocycles. The molecule has 4 rings (SSSR count). The molecule has 1 aromatic carbocycles. The van der Waals surface area contributed by atoms with E-state index in [1.54, 1.807) is 7.05 Å². The monoisotopic (exact) mass is 446 g/mol. The Kier molecular flexibility index (Phi) is 7.05. The molecule has 0 spiro atoms. The fourth-order valence-corrected chi connectivity index (χ4v) is 4.74. The third-order valence-electron chi connectivity index (χ3n) is 6.13. The van der Waals surface area contributed by atoms with Crippen molar-refractivity contribution in [2.75, 3.05) is 26.7 Å². The van der Waals surface area contributed by atoms with Gasteiger partial charge in [-0.3, -0.25) is 9.89 Å². The SMILES string of the molecule is CN=CC1=C(/C(F)=C/Cl)NC(OCC23CCCN2CCC3)N=C1OCc1ccccc1. The smallest absolute Gasteiger partial charge is 0.229 e. The summed E-state index contributed by atoms with van der Waals surface area (Å²) in [5.74, 6) is -0.350. The summed E-state index contributed by atoms with van der Waals surface area (Å²) in [5.41, 5.74) is 2.50. The number of nitrogens with zero attached hydrogens (tertiary/aromatic N) is 3. The first kappa shape index (κ1) is 22.0. The normalized spacial score (nSPS) is 23.8. The van der Waals surface area contributed by atoms with Crippen molar-refractivity contribution in [1.82, 2.24) is 10.2 Å². The Hall–Kier alpha value is -2.22. The van der Waals surface area contributed by atoms with Crippen molar-refractivity contribution in [3.8, 4) is 0 Å². The van der Waals surface area contributed by atoms with Crippen LogP contribution in [-0.2, 0) is 16.1 Å². The molecule has 1 unspecified atom stereocenters. The van der Waals surface area contributed by atoms with Gasteiger partial charge in [0.15, 0.2) is 5.83 Å². The van der Waals surface area contributed by atoms with Crippen molar-refractivity contribution in [1.29, 1.82) is 0 Å². The van der Waals surface area contributed by atoms with Crippen LogP contribution < -0.4 is 5.32 Å². The van der Waals surface area contributed by atoms with Crippen molar-refractivity contribution in [3.05, 3.63) is 58.5 Å². The van der Waals surface area contributed by atoms with Crippen molar-refractivity contribution in [2.45, 2.75) is 44.2 Å². The topological polar surface area (TPSA) is 58.5 Å². The number of rotatable bonds is 7. The summed E-state index contributed by atoms with van der Waals surface area (Å²) in [6.45, 7) is 3.06. The van der Waals surface area contributed by atoms with Gasteiger partial charge in [-0.15, -0.1) is 0 Å². The molecule has 1 atom stereocenters. The van der Waals surface area contributed by atoms with Crippen LogP contribution in [0.1, 0.15) is 31.2 Å². The molecule has 166 valence electrons. The minimum atomic E-state index is -0.769. The number of aliphatic imine (C=N–C) groups is 2. The molecule has 3 heterocycles. The van der Waals surface area contributed by atoms with E-state index >= 15 is 0 Å². The summed E-state index contributed by atoms with van der Waals surface area (Å²) in [6, 6.07) is 9.74. The Labute approximate surface area is 187 Å². The lowest BCUT2D eigenvalue weighted by atomic mass is 9.95. The number of hydrogen-bond donors (Lipinski definition) is 1. The van der Waals surface area contributed by atoms with Gasteiger partial charge in [-0.05, 0) is 44.3 Å². The summed E-state index contributed by atoms with van der Waals surface area (Å²) >= 11 is 5.69. The molecular weight excluding hydrogens is 419 g/mol. The standard InChI is InChI=1S/C23H28ClFN4O2/c1-26-14-18-20(19(25)13-24)27-22(28-21(18)30-15-17-7-3-2-4-8-17)31-16-23-9-5-11-29(23)12-6-10-23/h2-4,7-8,13-14,22,27H,5-6,9-12,15-16H2,1H3/b19-13-,26-14?. The van der Waals surface area contributed by atoms with Gasteiger partial charge in [-0.25, -0.2) is 4.39 Å². The van der Waals surface area contributed by atoms with E-state index in [2.05, 4.69) is 20.2 Å². The molecule has 8 heteroatoms. The van der Waals surface area contributed by atoms with Crippen molar-refractivity contribution >= 4 is 23.7 Å². The summed E-state index contributed by atoms with van der Waals surface area (Å²) in [7, 11) is 1.61. The van der Waals surface area contributed by atoms with E-state index in [0.717, 1.165) is 37.0 Å². The molecule has 0 saturated carbocycles. The van der Waals surface area contributed by atoms with Crippen LogP contribution in [0.2, 0.25) is 0 Å². The van der Waals surface area contributed by atoms with E-state index in [9.17, 15) is 4.39 Å². The molecule has 3 aliphatic rings. The van der Waals surface area contributed by atoms with Gasteiger partial charge in [0.2, 0.25) is 12.2 Å². The molecule has 0 amide bonds. The summed E-state index contributed by atoms with van der Waals surface area (Å²) < 4.78 is 26.8. The Morgan fingerprint density at radius 1 is 1.32 bits per heavy atom. The molecule has 3 aliphatic heterocycles. The van der Waals surface area contributed by atoms with Crippen LogP contribution in [0.3, 0.4) is 0 Å². The minimum absolute atomic E-state index is 0.0676. The number of nitrogens with one attached hydrogen (secondary N) is 1. The average Bonchev–Trinajstić information content (AvgIpc) is 3.38. The Bertz CT molecular complexity index is 890. The van der Waals surface area contributed by atoms with E-state index in [1.807, 2.05) is 30.3 Å². The Morgan fingerprint density at radius 2 is 2.06 bits per heavy atom. The van der Waals surface area contributed by atoms with Gasteiger partial charge in [0.1, 0.15) is 6.61 Å². The van der Waals surface area contributed by atoms with Crippen LogP contribution in [0.25, 0.3) is 0 Å². The quantitative estimate of drug-likeness (QED) is 0.639. The van der Waals surface area contributed by atoms with E-state index in [1.165, 1.54) is 19.1 Å². The number of benzene rings is 1. The third-order valence-corrected chi connectivity index (χ3v) is 6.33. The zero-order valence-corrected chi connectivity index (χ0v) is 18.4. The lowest BCUT2D eigenvalue weighted by Gasteiger charge is -2.34. The molecular formula is C23H28ClFN4O2. The highest BCUT2D eigenvalue weighted by molar-refractivity contribution is 6.26. The second kappa shape index (κ2) is 9.94. The van der Waals surface area contributed by atoms with Crippen molar-refractivity contribution < 1.29 is 13.9 Å². The van der Waals surface area contributed by atoms with Gasteiger partial charge in [-0.2, -0.15) is 4.99 Å². The second-order valence-corrected chi connectivity index (χ2v) is 8.29. The molecule has 1 aromatic rings. The highest BCUT2D eigenvalue weighted by Gasteiger charge is 2.45. The maximum Gasteiger partial charge on any atom is 0.229 e. The van der Waals surface area contributed by atoms with E-state index < -0.39 is 12.2 Å². The van der Waals surface area contributed by atoms with Crippen molar-refractivity contribution in [3.63, 3.8) is 0 Å². The van der Waals surface area contributed by atoms with Gasteiger partial charge >= 0.3 is 0 Å². The second-order valence-electron chi connectivity index (χ2n) is 8.07. The molecule has 0 aromatic heterocycles. The van der Waals surface area contributed by atoms with Gasteiger partial charge in [0.25, 0.3) is 0 Å². The van der Waals surface area contributed by atoms with E-state index in [-0.39, 0.29) is 17.1 Å². The van der Waals surface area contributed by atoms with Crippen LogP contribution in [0, 0.1) is 0 Å². The Morgan fingerprint density at radius 3 is 2.74 bits per heavy atom. The molecule has 0 radical (unpaired) electrons. The predicted octanol–water partition coefficient (Wildman–Crippen LogP) is 4.14. The average molecular weight is 447 g/mol. The number of fused-ring (bicyclic) bond motifs is 1. The van der Waals surface area contributed by atoms with Crippen molar-refractivity contribution in [2.24, 2.45) is 9.98 Å². The van der Waals surface area contributed by atoms with Gasteiger partial charge < -0.3 is 14.8 Å². The molecule has 1 N–H and O–H groups in total. The number of allylic oxidation sites excluding steroid dienone is 1. The predicted molar refractivity (Wildman–Crippen MR) is 121 cm³/mol. The first-order valence-electron chi connectivity index (χ1n) is 10.7. The van der Waals surface area contributed by atoms with Gasteiger partial charge in [0, 0.05) is 24.3 Å². The van der Waals surface area contributed by atoms with Crippen LogP contribution in [0.5, 0.6) is 0 Å². The molecule has 2 fully saturated rings. The molecule has 0 aliphatic carbocycles. The highest BCUT2D eigenvalue weighted by atomic mass is 35.5. The van der Waals surface area contributed by atoms with E-state index in [0.29, 0.717) is 18.8 Å². The number of halogens is 2. The first-order valence-corrected chi connectivity index (χ1v) is 11.1. The van der Waals surface area contributed by atoms with Gasteiger partial charge in [0.05, 0.1) is 17.9 Å². The lowest BCUT2D eigenvalue weighted by Crippen LogP contribution is -2.46. The fourth-order valence-electron chi connectivity index (χ4n) is 4.63. The number of hydrogen-bond acceptors (Lipinski definition) is 6. The van der Waals surface area contributed by atoms with E-state index in [4.69, 9.17) is 21.1 Å².